The fourth-order valence-electron chi connectivity index (χ4n) is 2.10. The zero-order valence-electron chi connectivity index (χ0n) is 14.6. The van der Waals surface area contributed by atoms with Crippen molar-refractivity contribution in [2.75, 3.05) is 5.32 Å². The molecule has 0 spiro atoms. The monoisotopic (exact) mass is 347 g/mol. The van der Waals surface area contributed by atoms with E-state index in [0.717, 1.165) is 22.1 Å². The normalized spacial score (nSPS) is 12.5. The van der Waals surface area contributed by atoms with Crippen molar-refractivity contribution in [3.05, 3.63) is 40.3 Å². The maximum absolute atomic E-state index is 12.1. The maximum Gasteiger partial charge on any atom is 0.230 e. The number of nitrogens with one attached hydrogen (secondary N) is 1. The predicted octanol–water partition coefficient (Wildman–Crippen LogP) is 3.77. The molecule has 1 aromatic heterocycles. The number of carbonyl (C=O) groups is 1. The minimum Gasteiger partial charge on any atom is -0.491 e. The van der Waals surface area contributed by atoms with Crippen LogP contribution in [0.25, 0.3) is 0 Å². The number of hydrogen-bond donors (Lipinski definition) is 2. The van der Waals surface area contributed by atoms with Gasteiger partial charge in [-0.2, -0.15) is 0 Å². The molecule has 0 fully saturated rings. The minimum absolute atomic E-state index is 0.0830. The molecule has 1 unspecified atom stereocenters. The molecule has 1 atom stereocenters. The van der Waals surface area contributed by atoms with Crippen molar-refractivity contribution >= 4 is 22.9 Å². The average Bonchev–Trinajstić information content (AvgIpc) is 2.96. The highest BCUT2D eigenvalue weighted by Crippen LogP contribution is 2.23. The van der Waals surface area contributed by atoms with E-state index in [4.69, 9.17) is 10.5 Å². The van der Waals surface area contributed by atoms with Gasteiger partial charge in [-0.1, -0.05) is 13.8 Å². The van der Waals surface area contributed by atoms with Gasteiger partial charge in [-0.15, -0.1) is 11.3 Å². The number of carbonyl (C=O) groups excluding carboxylic acids is 1. The molecule has 0 saturated carbocycles. The van der Waals surface area contributed by atoms with E-state index >= 15 is 0 Å². The summed E-state index contributed by atoms with van der Waals surface area (Å²) in [6.45, 7) is 8.07. The summed E-state index contributed by atoms with van der Waals surface area (Å²) in [6, 6.07) is 7.27. The van der Waals surface area contributed by atoms with E-state index < -0.39 is 0 Å². The van der Waals surface area contributed by atoms with Gasteiger partial charge in [0.2, 0.25) is 5.91 Å². The summed E-state index contributed by atoms with van der Waals surface area (Å²) in [6.07, 6.45) is 0.368. The molecule has 0 aliphatic rings. The zero-order chi connectivity index (χ0) is 17.7. The number of thiazole rings is 1. The van der Waals surface area contributed by atoms with E-state index in [1.165, 1.54) is 11.3 Å². The van der Waals surface area contributed by atoms with E-state index in [-0.39, 0.29) is 24.5 Å². The van der Waals surface area contributed by atoms with Crippen LogP contribution < -0.4 is 15.8 Å². The third kappa shape index (κ3) is 5.32. The highest BCUT2D eigenvalue weighted by molar-refractivity contribution is 7.09. The summed E-state index contributed by atoms with van der Waals surface area (Å²) in [5.74, 6) is 1.02. The molecule has 2 rings (SSSR count). The van der Waals surface area contributed by atoms with Crippen molar-refractivity contribution in [2.24, 2.45) is 11.7 Å². The smallest absolute Gasteiger partial charge is 0.230 e. The third-order valence-electron chi connectivity index (χ3n) is 3.42. The summed E-state index contributed by atoms with van der Waals surface area (Å²) in [4.78, 5) is 16.6. The molecule has 0 aliphatic carbocycles. The van der Waals surface area contributed by atoms with Crippen molar-refractivity contribution in [3.8, 4) is 5.75 Å². The number of ether oxygens (including phenoxy) is 1. The second-order valence-electron chi connectivity index (χ2n) is 6.36. The van der Waals surface area contributed by atoms with E-state index in [0.29, 0.717) is 5.92 Å². The van der Waals surface area contributed by atoms with Crippen molar-refractivity contribution in [3.63, 3.8) is 0 Å². The molecular weight excluding hydrogens is 322 g/mol. The van der Waals surface area contributed by atoms with Crippen molar-refractivity contribution < 1.29 is 9.53 Å². The summed E-state index contributed by atoms with van der Waals surface area (Å²) in [7, 11) is 0. The zero-order valence-corrected chi connectivity index (χ0v) is 15.4. The van der Waals surface area contributed by atoms with Gasteiger partial charge in [-0.25, -0.2) is 4.98 Å². The first-order chi connectivity index (χ1) is 11.3. The Morgan fingerprint density at radius 3 is 2.50 bits per heavy atom. The molecule has 24 heavy (non-hydrogen) atoms. The van der Waals surface area contributed by atoms with E-state index in [9.17, 15) is 4.79 Å². The lowest BCUT2D eigenvalue weighted by Crippen LogP contribution is -2.17. The SMILES string of the molecule is CC(C)Oc1ccc(NC(=O)Cc2csc(C(N)C(C)C)n2)cc1. The Hall–Kier alpha value is -1.92. The lowest BCUT2D eigenvalue weighted by atomic mass is 10.1. The van der Waals surface area contributed by atoms with Crippen LogP contribution in [0, 0.1) is 5.92 Å². The van der Waals surface area contributed by atoms with Crippen LogP contribution in [-0.4, -0.2) is 17.0 Å². The quantitative estimate of drug-likeness (QED) is 0.799. The Labute approximate surface area is 147 Å². The molecule has 1 heterocycles. The average molecular weight is 347 g/mol. The van der Waals surface area contributed by atoms with Crippen LogP contribution in [0.15, 0.2) is 29.6 Å². The molecule has 0 radical (unpaired) electrons. The van der Waals surface area contributed by atoms with Gasteiger partial charge in [0, 0.05) is 11.1 Å². The summed E-state index contributed by atoms with van der Waals surface area (Å²) in [5, 5.41) is 5.65. The van der Waals surface area contributed by atoms with Gasteiger partial charge in [0.05, 0.1) is 24.3 Å². The number of nitrogens with two attached hydrogens (primary N) is 1. The number of aromatic nitrogens is 1. The Morgan fingerprint density at radius 2 is 1.92 bits per heavy atom. The summed E-state index contributed by atoms with van der Waals surface area (Å²) < 4.78 is 5.58. The van der Waals surface area contributed by atoms with Gasteiger partial charge >= 0.3 is 0 Å². The first kappa shape index (κ1) is 18.4. The number of nitrogens with zero attached hydrogens (tertiary/aromatic N) is 1. The second kappa shape index (κ2) is 8.26. The Balaban J connectivity index is 1.91. The van der Waals surface area contributed by atoms with Crippen molar-refractivity contribution in [1.82, 2.24) is 4.98 Å². The van der Waals surface area contributed by atoms with E-state index in [1.54, 1.807) is 0 Å². The van der Waals surface area contributed by atoms with Gasteiger partial charge in [0.25, 0.3) is 0 Å². The lowest BCUT2D eigenvalue weighted by molar-refractivity contribution is -0.115. The molecule has 3 N–H and O–H groups in total. The topological polar surface area (TPSA) is 77.2 Å². The molecule has 0 aliphatic heterocycles. The fourth-order valence-corrected chi connectivity index (χ4v) is 3.09. The number of hydrogen-bond acceptors (Lipinski definition) is 5. The van der Waals surface area contributed by atoms with Gasteiger partial charge in [0.15, 0.2) is 0 Å². The number of anilines is 1. The molecule has 130 valence electrons. The predicted molar refractivity (Wildman–Crippen MR) is 98.4 cm³/mol. The highest BCUT2D eigenvalue weighted by atomic mass is 32.1. The third-order valence-corrected chi connectivity index (χ3v) is 4.42. The molecule has 0 saturated heterocycles. The largest absolute Gasteiger partial charge is 0.491 e. The lowest BCUT2D eigenvalue weighted by Gasteiger charge is -2.11. The molecule has 0 bridgehead atoms. The first-order valence-electron chi connectivity index (χ1n) is 8.11. The van der Waals surface area contributed by atoms with Crippen molar-refractivity contribution in [1.29, 1.82) is 0 Å². The number of benzene rings is 1. The number of amides is 1. The first-order valence-corrected chi connectivity index (χ1v) is 8.99. The number of rotatable bonds is 7. The van der Waals surface area contributed by atoms with Crippen LogP contribution in [0.2, 0.25) is 0 Å². The Morgan fingerprint density at radius 1 is 1.25 bits per heavy atom. The van der Waals surface area contributed by atoms with Gasteiger partial charge in [-0.3, -0.25) is 4.79 Å². The van der Waals surface area contributed by atoms with Gasteiger partial charge in [0.1, 0.15) is 10.8 Å². The van der Waals surface area contributed by atoms with Crippen molar-refractivity contribution in [2.45, 2.75) is 46.3 Å². The molecule has 2 aromatic rings. The van der Waals surface area contributed by atoms with Gasteiger partial charge in [-0.05, 0) is 44.0 Å². The van der Waals surface area contributed by atoms with Crippen LogP contribution in [-0.2, 0) is 11.2 Å². The molecule has 1 amide bonds. The molecule has 5 nitrogen and oxygen atoms in total. The van der Waals surface area contributed by atoms with Crippen LogP contribution in [0.3, 0.4) is 0 Å². The van der Waals surface area contributed by atoms with E-state index in [2.05, 4.69) is 24.1 Å². The Kier molecular flexibility index (Phi) is 6.34. The summed E-state index contributed by atoms with van der Waals surface area (Å²) >= 11 is 1.51. The summed E-state index contributed by atoms with van der Waals surface area (Å²) in [5.41, 5.74) is 7.58. The van der Waals surface area contributed by atoms with Crippen LogP contribution in [0.1, 0.15) is 44.4 Å². The standard InChI is InChI=1S/C18H25N3O2S/c1-11(2)17(19)18-21-14(10-24-18)9-16(22)20-13-5-7-15(8-6-13)23-12(3)4/h5-8,10-12,17H,9,19H2,1-4H3,(H,20,22). The van der Waals surface area contributed by atoms with E-state index in [1.807, 2.05) is 43.5 Å². The molecule has 6 heteroatoms. The van der Waals surface area contributed by atoms with Crippen LogP contribution in [0.4, 0.5) is 5.69 Å². The molecular formula is C18H25N3O2S. The Bertz CT molecular complexity index is 665. The molecule has 1 aromatic carbocycles. The van der Waals surface area contributed by atoms with Gasteiger partial charge < -0.3 is 15.8 Å². The van der Waals surface area contributed by atoms with Crippen LogP contribution >= 0.6 is 11.3 Å². The fraction of sp³-hybridized carbons (Fsp3) is 0.444. The minimum atomic E-state index is -0.0949. The maximum atomic E-state index is 12.1. The highest BCUT2D eigenvalue weighted by Gasteiger charge is 2.15. The second-order valence-corrected chi connectivity index (χ2v) is 7.25. The van der Waals surface area contributed by atoms with Crippen LogP contribution in [0.5, 0.6) is 5.75 Å².